The van der Waals surface area contributed by atoms with Crippen molar-refractivity contribution in [1.82, 2.24) is 5.32 Å². The van der Waals surface area contributed by atoms with Gasteiger partial charge in [-0.05, 0) is 31.1 Å². The zero-order valence-electron chi connectivity index (χ0n) is 7.38. The third-order valence-corrected chi connectivity index (χ3v) is 3.42. The van der Waals surface area contributed by atoms with Crippen LogP contribution in [0.25, 0.3) is 0 Å². The van der Waals surface area contributed by atoms with Gasteiger partial charge >= 0.3 is 0 Å². The highest BCUT2D eigenvalue weighted by atomic mass is 35.5. The van der Waals surface area contributed by atoms with Crippen LogP contribution >= 0.6 is 12.4 Å². The van der Waals surface area contributed by atoms with Gasteiger partial charge in [-0.15, -0.1) is 12.4 Å². The molecule has 0 radical (unpaired) electrons. The average molecular weight is 192 g/mol. The van der Waals surface area contributed by atoms with Gasteiger partial charge in [0, 0.05) is 12.6 Å². The fraction of sp³-hybridized carbons (Fsp3) is 1.00. The fourth-order valence-electron chi connectivity index (χ4n) is 2.29. The van der Waals surface area contributed by atoms with Crippen molar-refractivity contribution < 1.29 is 5.11 Å². The van der Waals surface area contributed by atoms with E-state index in [1.165, 1.54) is 32.1 Å². The highest BCUT2D eigenvalue weighted by Crippen LogP contribution is 2.46. The van der Waals surface area contributed by atoms with Crippen molar-refractivity contribution in [2.45, 2.75) is 38.1 Å². The van der Waals surface area contributed by atoms with E-state index in [1.807, 2.05) is 0 Å². The van der Waals surface area contributed by atoms with Crippen LogP contribution < -0.4 is 5.32 Å². The molecular weight excluding hydrogens is 174 g/mol. The first-order valence-electron chi connectivity index (χ1n) is 4.69. The highest BCUT2D eigenvalue weighted by Gasteiger charge is 2.39. The van der Waals surface area contributed by atoms with E-state index in [4.69, 9.17) is 5.11 Å². The maximum absolute atomic E-state index is 8.89. The highest BCUT2D eigenvalue weighted by molar-refractivity contribution is 5.85. The van der Waals surface area contributed by atoms with Crippen LogP contribution in [0.15, 0.2) is 0 Å². The van der Waals surface area contributed by atoms with Gasteiger partial charge < -0.3 is 10.4 Å². The van der Waals surface area contributed by atoms with Gasteiger partial charge in [0.05, 0.1) is 6.61 Å². The summed E-state index contributed by atoms with van der Waals surface area (Å²) in [5.41, 5.74) is 0.658. The molecule has 0 amide bonds. The van der Waals surface area contributed by atoms with E-state index in [9.17, 15) is 0 Å². The third-order valence-electron chi connectivity index (χ3n) is 3.42. The first-order chi connectivity index (χ1) is 5.35. The normalized spacial score (nSPS) is 32.2. The van der Waals surface area contributed by atoms with Crippen molar-refractivity contribution >= 4 is 12.4 Å². The van der Waals surface area contributed by atoms with Gasteiger partial charge in [-0.2, -0.15) is 0 Å². The number of halogens is 1. The van der Waals surface area contributed by atoms with Gasteiger partial charge in [-0.25, -0.2) is 0 Å². The van der Waals surface area contributed by atoms with Crippen LogP contribution in [-0.4, -0.2) is 24.3 Å². The molecule has 1 saturated heterocycles. The summed E-state index contributed by atoms with van der Waals surface area (Å²) in [6, 6.07) is 0.390. The van der Waals surface area contributed by atoms with Crippen LogP contribution in [-0.2, 0) is 0 Å². The Morgan fingerprint density at radius 3 is 2.42 bits per heavy atom. The van der Waals surface area contributed by atoms with Crippen molar-refractivity contribution in [3.8, 4) is 0 Å². The van der Waals surface area contributed by atoms with Crippen LogP contribution in [0.4, 0.5) is 0 Å². The topological polar surface area (TPSA) is 32.3 Å². The van der Waals surface area contributed by atoms with Gasteiger partial charge in [-0.3, -0.25) is 0 Å². The zero-order valence-corrected chi connectivity index (χ0v) is 8.20. The summed E-state index contributed by atoms with van der Waals surface area (Å²) < 4.78 is 0. The molecule has 2 aliphatic rings. The molecule has 72 valence electrons. The van der Waals surface area contributed by atoms with Crippen molar-refractivity contribution in [2.24, 2.45) is 5.41 Å². The summed E-state index contributed by atoms with van der Waals surface area (Å²) in [6.45, 7) is 1.47. The molecule has 1 aliphatic heterocycles. The molecule has 3 heteroatoms. The SMILES string of the molecule is Cl.OCC1CCC2(CCC2)CN1. The van der Waals surface area contributed by atoms with E-state index in [0.29, 0.717) is 18.1 Å². The number of hydrogen-bond donors (Lipinski definition) is 2. The molecule has 1 aliphatic carbocycles. The van der Waals surface area contributed by atoms with E-state index in [0.717, 1.165) is 6.54 Å². The van der Waals surface area contributed by atoms with Crippen LogP contribution in [0, 0.1) is 5.41 Å². The summed E-state index contributed by atoms with van der Waals surface area (Å²) in [4.78, 5) is 0. The smallest absolute Gasteiger partial charge is 0.0584 e. The Bertz CT molecular complexity index is 137. The molecule has 2 N–H and O–H groups in total. The van der Waals surface area contributed by atoms with E-state index >= 15 is 0 Å². The van der Waals surface area contributed by atoms with E-state index in [-0.39, 0.29) is 12.4 Å². The van der Waals surface area contributed by atoms with Gasteiger partial charge in [0.25, 0.3) is 0 Å². The molecule has 2 fully saturated rings. The summed E-state index contributed by atoms with van der Waals surface area (Å²) in [5, 5.41) is 12.3. The predicted molar refractivity (Wildman–Crippen MR) is 51.6 cm³/mol. The Morgan fingerprint density at radius 1 is 1.33 bits per heavy atom. The van der Waals surface area contributed by atoms with Crippen LogP contribution in [0.3, 0.4) is 0 Å². The van der Waals surface area contributed by atoms with Gasteiger partial charge in [0.15, 0.2) is 0 Å². The minimum atomic E-state index is 0. The predicted octanol–water partition coefficient (Wildman–Crippen LogP) is 1.32. The van der Waals surface area contributed by atoms with Crippen molar-refractivity contribution in [1.29, 1.82) is 0 Å². The van der Waals surface area contributed by atoms with Gasteiger partial charge in [0.2, 0.25) is 0 Å². The largest absolute Gasteiger partial charge is 0.395 e. The van der Waals surface area contributed by atoms with Crippen LogP contribution in [0.2, 0.25) is 0 Å². The summed E-state index contributed by atoms with van der Waals surface area (Å²) in [5.74, 6) is 0. The summed E-state index contributed by atoms with van der Waals surface area (Å²) in [7, 11) is 0. The van der Waals surface area contributed by atoms with Crippen molar-refractivity contribution in [3.05, 3.63) is 0 Å². The van der Waals surface area contributed by atoms with E-state index in [1.54, 1.807) is 0 Å². The quantitative estimate of drug-likeness (QED) is 0.656. The number of piperidine rings is 1. The lowest BCUT2D eigenvalue weighted by molar-refractivity contribution is 0.0628. The molecule has 0 aromatic rings. The molecule has 1 atom stereocenters. The molecule has 0 bridgehead atoms. The number of aliphatic hydroxyl groups is 1. The number of nitrogens with one attached hydrogen (secondary N) is 1. The lowest BCUT2D eigenvalue weighted by atomic mass is 9.64. The lowest BCUT2D eigenvalue weighted by Gasteiger charge is -2.47. The number of rotatable bonds is 1. The molecule has 2 nitrogen and oxygen atoms in total. The van der Waals surface area contributed by atoms with Gasteiger partial charge in [-0.1, -0.05) is 6.42 Å². The molecule has 1 spiro atoms. The molecule has 2 rings (SSSR count). The van der Waals surface area contributed by atoms with E-state index < -0.39 is 0 Å². The Balaban J connectivity index is 0.000000720. The monoisotopic (exact) mass is 191 g/mol. The second-order valence-corrected chi connectivity index (χ2v) is 4.15. The van der Waals surface area contributed by atoms with Crippen LogP contribution in [0.1, 0.15) is 32.1 Å². The Morgan fingerprint density at radius 2 is 2.08 bits per heavy atom. The summed E-state index contributed by atoms with van der Waals surface area (Å²) >= 11 is 0. The first kappa shape index (κ1) is 10.3. The molecule has 1 saturated carbocycles. The Kier molecular flexibility index (Phi) is 3.38. The maximum atomic E-state index is 8.89. The first-order valence-corrected chi connectivity index (χ1v) is 4.69. The van der Waals surface area contributed by atoms with Crippen molar-refractivity contribution in [2.75, 3.05) is 13.2 Å². The fourth-order valence-corrected chi connectivity index (χ4v) is 2.29. The number of aliphatic hydroxyl groups excluding tert-OH is 1. The molecule has 1 heterocycles. The second kappa shape index (κ2) is 3.95. The maximum Gasteiger partial charge on any atom is 0.0584 e. The second-order valence-electron chi connectivity index (χ2n) is 4.15. The molecule has 0 aromatic carbocycles. The summed E-state index contributed by atoms with van der Waals surface area (Å²) in [6.07, 6.45) is 6.77. The van der Waals surface area contributed by atoms with Crippen LogP contribution in [0.5, 0.6) is 0 Å². The zero-order chi connectivity index (χ0) is 7.73. The minimum Gasteiger partial charge on any atom is -0.395 e. The Hall–Kier alpha value is 0.210. The minimum absolute atomic E-state index is 0. The molecule has 0 aromatic heterocycles. The average Bonchev–Trinajstić information content (AvgIpc) is 2.02. The molecular formula is C9H18ClNO. The van der Waals surface area contributed by atoms with E-state index in [2.05, 4.69) is 5.32 Å². The number of hydrogen-bond acceptors (Lipinski definition) is 2. The molecule has 1 unspecified atom stereocenters. The third kappa shape index (κ3) is 1.76. The van der Waals surface area contributed by atoms with Crippen molar-refractivity contribution in [3.63, 3.8) is 0 Å². The molecule has 12 heavy (non-hydrogen) atoms. The van der Waals surface area contributed by atoms with Gasteiger partial charge in [0.1, 0.15) is 0 Å². The Labute approximate surface area is 80.1 Å². The lowest BCUT2D eigenvalue weighted by Crippen LogP contribution is -2.50. The standard InChI is InChI=1S/C9H17NO.ClH/c11-6-8-2-5-9(7-10-8)3-1-4-9;/h8,10-11H,1-7H2;1H.